The van der Waals surface area contributed by atoms with Gasteiger partial charge in [0.15, 0.2) is 0 Å². The van der Waals surface area contributed by atoms with E-state index in [1.807, 2.05) is 26.1 Å². The maximum atomic E-state index is 6.16. The number of benzene rings is 1. The smallest absolute Gasteiger partial charge is 0.142 e. The van der Waals surface area contributed by atoms with E-state index in [1.165, 1.54) is 12.8 Å². The zero-order chi connectivity index (χ0) is 13.2. The Morgan fingerprint density at radius 1 is 1.33 bits per heavy atom. The Balaban J connectivity index is 2.07. The summed E-state index contributed by atoms with van der Waals surface area (Å²) < 4.78 is 5.39. The quantitative estimate of drug-likeness (QED) is 0.832. The van der Waals surface area contributed by atoms with Crippen LogP contribution in [0.15, 0.2) is 12.1 Å². The highest BCUT2D eigenvalue weighted by Gasteiger charge is 2.41. The Bertz CT molecular complexity index is 430. The van der Waals surface area contributed by atoms with Gasteiger partial charge in [-0.15, -0.1) is 0 Å². The Kier molecular flexibility index (Phi) is 4.03. The molecule has 0 unspecified atom stereocenters. The lowest BCUT2D eigenvalue weighted by Gasteiger charge is -2.18. The largest absolute Gasteiger partial charge is 0.495 e. The van der Waals surface area contributed by atoms with Gasteiger partial charge in [0.1, 0.15) is 5.75 Å². The second-order valence-electron chi connectivity index (χ2n) is 5.19. The molecule has 2 rings (SSSR count). The molecular weight excluding hydrogens is 248 g/mol. The minimum Gasteiger partial charge on any atom is -0.495 e. The first-order valence-electron chi connectivity index (χ1n) is 6.33. The standard InChI is InChI=1S/C14H21ClN2O/c1-10-6-13(18-3)12(7-11(10)15)17-9-14(4-5-14)8-16-2/h6-7,16-17H,4-5,8-9H2,1-3H3. The van der Waals surface area contributed by atoms with E-state index >= 15 is 0 Å². The maximum Gasteiger partial charge on any atom is 0.142 e. The highest BCUT2D eigenvalue weighted by molar-refractivity contribution is 6.31. The van der Waals surface area contributed by atoms with Crippen molar-refractivity contribution in [3.63, 3.8) is 0 Å². The Morgan fingerprint density at radius 2 is 2.06 bits per heavy atom. The van der Waals surface area contributed by atoms with Crippen molar-refractivity contribution in [1.82, 2.24) is 5.32 Å². The molecule has 0 heterocycles. The number of nitrogens with one attached hydrogen (secondary N) is 2. The molecule has 1 aromatic rings. The summed E-state index contributed by atoms with van der Waals surface area (Å²) in [6.07, 6.45) is 2.56. The van der Waals surface area contributed by atoms with Crippen LogP contribution in [0.4, 0.5) is 5.69 Å². The van der Waals surface area contributed by atoms with Crippen LogP contribution in [0.3, 0.4) is 0 Å². The van der Waals surface area contributed by atoms with E-state index in [0.717, 1.165) is 35.1 Å². The molecule has 2 N–H and O–H groups in total. The van der Waals surface area contributed by atoms with Crippen molar-refractivity contribution in [1.29, 1.82) is 0 Å². The van der Waals surface area contributed by atoms with Crippen LogP contribution in [0.25, 0.3) is 0 Å². The molecule has 0 radical (unpaired) electrons. The minimum absolute atomic E-state index is 0.414. The van der Waals surface area contributed by atoms with Gasteiger partial charge in [0.05, 0.1) is 12.8 Å². The van der Waals surface area contributed by atoms with E-state index in [4.69, 9.17) is 16.3 Å². The predicted molar refractivity (Wildman–Crippen MR) is 76.8 cm³/mol. The summed E-state index contributed by atoms with van der Waals surface area (Å²) in [7, 11) is 3.69. The van der Waals surface area contributed by atoms with E-state index < -0.39 is 0 Å². The number of rotatable bonds is 6. The van der Waals surface area contributed by atoms with Crippen LogP contribution in [0.2, 0.25) is 5.02 Å². The fourth-order valence-electron chi connectivity index (χ4n) is 2.21. The summed E-state index contributed by atoms with van der Waals surface area (Å²) >= 11 is 6.16. The summed E-state index contributed by atoms with van der Waals surface area (Å²) in [5.41, 5.74) is 2.43. The van der Waals surface area contributed by atoms with Gasteiger partial charge in [-0.1, -0.05) is 11.6 Å². The van der Waals surface area contributed by atoms with Crippen molar-refractivity contribution in [2.45, 2.75) is 19.8 Å². The van der Waals surface area contributed by atoms with Gasteiger partial charge < -0.3 is 15.4 Å². The van der Waals surface area contributed by atoms with Crippen molar-refractivity contribution in [3.8, 4) is 5.75 Å². The Labute approximate surface area is 114 Å². The maximum absolute atomic E-state index is 6.16. The molecule has 18 heavy (non-hydrogen) atoms. The van der Waals surface area contributed by atoms with Crippen LogP contribution in [-0.2, 0) is 0 Å². The van der Waals surface area contributed by atoms with Gasteiger partial charge in [0, 0.05) is 23.5 Å². The van der Waals surface area contributed by atoms with Gasteiger partial charge in [0.25, 0.3) is 0 Å². The zero-order valence-electron chi connectivity index (χ0n) is 11.3. The number of methoxy groups -OCH3 is 1. The lowest BCUT2D eigenvalue weighted by molar-refractivity contribution is 0.415. The molecular formula is C14H21ClN2O. The average molecular weight is 269 g/mol. The van der Waals surface area contributed by atoms with Crippen molar-refractivity contribution < 1.29 is 4.74 Å². The van der Waals surface area contributed by atoms with Crippen LogP contribution in [0.5, 0.6) is 5.75 Å². The highest BCUT2D eigenvalue weighted by atomic mass is 35.5. The lowest BCUT2D eigenvalue weighted by atomic mass is 10.1. The average Bonchev–Trinajstić information content (AvgIpc) is 3.11. The van der Waals surface area contributed by atoms with E-state index in [2.05, 4.69) is 10.6 Å². The second kappa shape index (κ2) is 5.37. The van der Waals surface area contributed by atoms with E-state index in [1.54, 1.807) is 7.11 Å². The summed E-state index contributed by atoms with van der Waals surface area (Å²) in [6, 6.07) is 3.92. The molecule has 1 aliphatic rings. The van der Waals surface area contributed by atoms with Crippen LogP contribution in [0.1, 0.15) is 18.4 Å². The Hall–Kier alpha value is -0.930. The first kappa shape index (κ1) is 13.5. The van der Waals surface area contributed by atoms with Gasteiger partial charge in [-0.2, -0.15) is 0 Å². The first-order chi connectivity index (χ1) is 8.60. The van der Waals surface area contributed by atoms with Gasteiger partial charge in [0.2, 0.25) is 0 Å². The number of anilines is 1. The van der Waals surface area contributed by atoms with Crippen LogP contribution in [-0.4, -0.2) is 27.2 Å². The number of ether oxygens (including phenoxy) is 1. The molecule has 0 bridgehead atoms. The van der Waals surface area contributed by atoms with E-state index in [9.17, 15) is 0 Å². The fourth-order valence-corrected chi connectivity index (χ4v) is 2.38. The van der Waals surface area contributed by atoms with Crippen LogP contribution >= 0.6 is 11.6 Å². The molecule has 3 nitrogen and oxygen atoms in total. The van der Waals surface area contributed by atoms with Crippen molar-refractivity contribution in [3.05, 3.63) is 22.7 Å². The summed E-state index contributed by atoms with van der Waals surface area (Å²) in [5, 5.41) is 7.50. The minimum atomic E-state index is 0.414. The molecule has 0 aromatic heterocycles. The monoisotopic (exact) mass is 268 g/mol. The zero-order valence-corrected chi connectivity index (χ0v) is 12.0. The van der Waals surface area contributed by atoms with Gasteiger partial charge in [-0.25, -0.2) is 0 Å². The van der Waals surface area contributed by atoms with Gasteiger partial charge >= 0.3 is 0 Å². The number of aryl methyl sites for hydroxylation is 1. The molecule has 0 aliphatic heterocycles. The van der Waals surface area contributed by atoms with Crippen molar-refractivity contribution in [2.75, 3.05) is 32.6 Å². The third kappa shape index (κ3) is 2.90. The third-order valence-electron chi connectivity index (χ3n) is 3.64. The number of hydrogen-bond donors (Lipinski definition) is 2. The molecule has 0 saturated heterocycles. The SMILES string of the molecule is CNCC1(CNc2cc(Cl)c(C)cc2OC)CC1. The predicted octanol–water partition coefficient (Wildman–Crippen LogP) is 3.07. The molecule has 100 valence electrons. The Morgan fingerprint density at radius 3 is 2.61 bits per heavy atom. The van der Waals surface area contributed by atoms with Crippen molar-refractivity contribution in [2.24, 2.45) is 5.41 Å². The van der Waals surface area contributed by atoms with Crippen LogP contribution in [0, 0.1) is 12.3 Å². The van der Waals surface area contributed by atoms with Crippen LogP contribution < -0.4 is 15.4 Å². The molecule has 0 atom stereocenters. The molecule has 0 spiro atoms. The normalized spacial score (nSPS) is 16.4. The molecule has 1 aliphatic carbocycles. The molecule has 4 heteroatoms. The van der Waals surface area contributed by atoms with Gasteiger partial charge in [-0.3, -0.25) is 0 Å². The highest BCUT2D eigenvalue weighted by Crippen LogP contribution is 2.45. The topological polar surface area (TPSA) is 33.3 Å². The van der Waals surface area contributed by atoms with Crippen molar-refractivity contribution >= 4 is 17.3 Å². The molecule has 0 amide bonds. The molecule has 1 aromatic carbocycles. The summed E-state index contributed by atoms with van der Waals surface area (Å²) in [6.45, 7) is 4.00. The number of halogens is 1. The second-order valence-corrected chi connectivity index (χ2v) is 5.59. The van der Waals surface area contributed by atoms with Gasteiger partial charge in [-0.05, 0) is 44.5 Å². The number of hydrogen-bond acceptors (Lipinski definition) is 3. The molecule has 1 saturated carbocycles. The first-order valence-corrected chi connectivity index (χ1v) is 6.71. The summed E-state index contributed by atoms with van der Waals surface area (Å²) in [5.74, 6) is 0.858. The summed E-state index contributed by atoms with van der Waals surface area (Å²) in [4.78, 5) is 0. The van der Waals surface area contributed by atoms with E-state index in [-0.39, 0.29) is 0 Å². The molecule has 1 fully saturated rings. The fraction of sp³-hybridized carbons (Fsp3) is 0.571. The third-order valence-corrected chi connectivity index (χ3v) is 4.05. The lowest BCUT2D eigenvalue weighted by Crippen LogP contribution is -2.26. The van der Waals surface area contributed by atoms with E-state index in [0.29, 0.717) is 5.41 Å².